The minimum Gasteiger partial charge on any atom is -0.406 e. The summed E-state index contributed by atoms with van der Waals surface area (Å²) in [5.41, 5.74) is 0. The summed E-state index contributed by atoms with van der Waals surface area (Å²) < 4.78 is 9.45. The number of esters is 1. The second-order valence-electron chi connectivity index (χ2n) is 5.44. The van der Waals surface area contributed by atoms with E-state index < -0.39 is 36.9 Å². The van der Waals surface area contributed by atoms with E-state index in [9.17, 15) is 25.2 Å². The van der Waals surface area contributed by atoms with Crippen LogP contribution in [-0.2, 0) is 14.3 Å². The zero-order valence-electron chi connectivity index (χ0n) is 12.4. The predicted octanol–water partition coefficient (Wildman–Crippen LogP) is 0.0392. The van der Waals surface area contributed by atoms with Crippen molar-refractivity contribution in [3.63, 3.8) is 0 Å². The molecule has 7 heteroatoms. The molecule has 0 bridgehead atoms. The summed E-state index contributed by atoms with van der Waals surface area (Å²) in [7, 11) is 0. The van der Waals surface area contributed by atoms with Gasteiger partial charge in [-0.15, -0.1) is 0 Å². The number of hydrogen-bond donors (Lipinski definition) is 4. The van der Waals surface area contributed by atoms with Crippen LogP contribution < -0.4 is 0 Å². The molecule has 0 aromatic rings. The molecule has 1 aliphatic rings. The number of ether oxygens (including phenoxy) is 2. The van der Waals surface area contributed by atoms with Gasteiger partial charge >= 0.3 is 11.9 Å². The molecule has 21 heavy (non-hydrogen) atoms. The summed E-state index contributed by atoms with van der Waals surface area (Å²) in [6.07, 6.45) is 1.22. The molecule has 7 nitrogen and oxygen atoms in total. The third-order valence-corrected chi connectivity index (χ3v) is 3.55. The van der Waals surface area contributed by atoms with Crippen molar-refractivity contribution in [2.75, 3.05) is 6.61 Å². The number of unbranched alkanes of at least 4 members (excludes halogenated alkanes) is 5. The molecule has 124 valence electrons. The van der Waals surface area contributed by atoms with Gasteiger partial charge < -0.3 is 29.9 Å². The molecule has 0 spiro atoms. The Hall–Kier alpha value is -0.730. The Morgan fingerprint density at radius 3 is 2.48 bits per heavy atom. The van der Waals surface area contributed by atoms with Gasteiger partial charge in [-0.1, -0.05) is 39.0 Å². The summed E-state index contributed by atoms with van der Waals surface area (Å²) in [6.45, 7) is 1.69. The Morgan fingerprint density at radius 1 is 1.19 bits per heavy atom. The van der Waals surface area contributed by atoms with Crippen LogP contribution in [0.5, 0.6) is 0 Å². The number of aliphatic hydroxyl groups is 4. The fourth-order valence-electron chi connectivity index (χ4n) is 2.17. The van der Waals surface area contributed by atoms with Crippen molar-refractivity contribution in [3.05, 3.63) is 0 Å². The second kappa shape index (κ2) is 8.65. The fourth-order valence-corrected chi connectivity index (χ4v) is 2.17. The van der Waals surface area contributed by atoms with Crippen molar-refractivity contribution in [1.82, 2.24) is 0 Å². The lowest BCUT2D eigenvalue weighted by Crippen LogP contribution is -2.62. The topological polar surface area (TPSA) is 116 Å². The molecule has 1 heterocycles. The van der Waals surface area contributed by atoms with Crippen LogP contribution in [0, 0.1) is 0 Å². The van der Waals surface area contributed by atoms with Crippen molar-refractivity contribution in [3.8, 4) is 0 Å². The molecule has 4 N–H and O–H groups in total. The number of aliphatic hydroxyl groups excluding tert-OH is 3. The molecular weight excluding hydrogens is 280 g/mol. The minimum atomic E-state index is -2.60. The molecule has 1 aliphatic heterocycles. The Kier molecular flexibility index (Phi) is 7.55. The normalized spacial score (nSPS) is 32.9. The maximum absolute atomic E-state index is 11.6. The van der Waals surface area contributed by atoms with Crippen molar-refractivity contribution in [2.45, 2.75) is 76.2 Å². The summed E-state index contributed by atoms with van der Waals surface area (Å²) in [5.74, 6) is -3.31. The molecule has 4 atom stereocenters. The average molecular weight is 306 g/mol. The van der Waals surface area contributed by atoms with Crippen LogP contribution in [0.15, 0.2) is 0 Å². The molecule has 1 rings (SSSR count). The molecule has 0 amide bonds. The van der Waals surface area contributed by atoms with E-state index in [1.54, 1.807) is 0 Å². The van der Waals surface area contributed by atoms with E-state index in [0.717, 1.165) is 25.7 Å². The number of rotatable bonds is 8. The molecule has 1 unspecified atom stereocenters. The summed E-state index contributed by atoms with van der Waals surface area (Å²) in [5, 5.41) is 38.2. The third-order valence-electron chi connectivity index (χ3n) is 3.55. The van der Waals surface area contributed by atoms with Gasteiger partial charge in [0.2, 0.25) is 0 Å². The first-order chi connectivity index (χ1) is 9.90. The van der Waals surface area contributed by atoms with Crippen LogP contribution in [0.4, 0.5) is 0 Å². The van der Waals surface area contributed by atoms with Crippen LogP contribution in [0.25, 0.3) is 0 Å². The van der Waals surface area contributed by atoms with Crippen LogP contribution in [0.3, 0.4) is 0 Å². The van der Waals surface area contributed by atoms with Crippen molar-refractivity contribution >= 4 is 5.97 Å². The number of hydrogen-bond acceptors (Lipinski definition) is 7. The third kappa shape index (κ3) is 5.52. The van der Waals surface area contributed by atoms with Crippen LogP contribution in [-0.4, -0.2) is 57.3 Å². The maximum atomic E-state index is 11.6. The smallest absolute Gasteiger partial charge is 0.357 e. The van der Waals surface area contributed by atoms with Crippen LogP contribution in [0.2, 0.25) is 0 Å². The second-order valence-corrected chi connectivity index (χ2v) is 5.44. The van der Waals surface area contributed by atoms with Crippen molar-refractivity contribution in [2.24, 2.45) is 0 Å². The van der Waals surface area contributed by atoms with E-state index in [4.69, 9.17) is 9.47 Å². The molecule has 1 fully saturated rings. The lowest BCUT2D eigenvalue weighted by molar-refractivity contribution is -0.415. The highest BCUT2D eigenvalue weighted by molar-refractivity contribution is 5.69. The van der Waals surface area contributed by atoms with Gasteiger partial charge in [-0.2, -0.15) is 0 Å². The maximum Gasteiger partial charge on any atom is 0.357 e. The van der Waals surface area contributed by atoms with E-state index in [1.165, 1.54) is 6.42 Å². The van der Waals surface area contributed by atoms with Gasteiger partial charge in [0.1, 0.15) is 12.2 Å². The van der Waals surface area contributed by atoms with E-state index in [2.05, 4.69) is 6.92 Å². The Labute approximate surface area is 124 Å². The van der Waals surface area contributed by atoms with Crippen LogP contribution in [0.1, 0.15) is 51.9 Å². The zero-order chi connectivity index (χ0) is 15.9. The fraction of sp³-hybridized carbons (Fsp3) is 0.929. The summed E-state index contributed by atoms with van der Waals surface area (Å²) in [6, 6.07) is 0. The molecular formula is C14H26O7. The van der Waals surface area contributed by atoms with Gasteiger partial charge in [0.25, 0.3) is 0 Å². The van der Waals surface area contributed by atoms with Gasteiger partial charge in [0.15, 0.2) is 6.10 Å². The molecule has 0 aromatic carbocycles. The summed E-state index contributed by atoms with van der Waals surface area (Å²) >= 11 is 0. The molecule has 1 saturated heterocycles. The van der Waals surface area contributed by atoms with Crippen molar-refractivity contribution < 1.29 is 34.7 Å². The van der Waals surface area contributed by atoms with Gasteiger partial charge in [-0.3, -0.25) is 4.79 Å². The van der Waals surface area contributed by atoms with Crippen LogP contribution >= 0.6 is 0 Å². The van der Waals surface area contributed by atoms with Gasteiger partial charge in [0.05, 0.1) is 6.61 Å². The van der Waals surface area contributed by atoms with E-state index in [1.807, 2.05) is 0 Å². The van der Waals surface area contributed by atoms with Gasteiger partial charge in [0, 0.05) is 6.42 Å². The van der Waals surface area contributed by atoms with Gasteiger partial charge in [-0.05, 0) is 6.42 Å². The average Bonchev–Trinajstić information content (AvgIpc) is 2.45. The largest absolute Gasteiger partial charge is 0.406 e. The van der Waals surface area contributed by atoms with E-state index >= 15 is 0 Å². The standard InChI is InChI=1S/C14H26O7/c1-2-3-4-5-6-7-8-11(16)21-14(19)13(18)12(17)10(15)9-20-14/h10,12-13,15,17-19H,2-9H2,1H3/t10-,12+,13-,14?/m1/s1. The molecule has 0 saturated carbocycles. The highest BCUT2D eigenvalue weighted by atomic mass is 16.8. The first-order valence-corrected chi connectivity index (χ1v) is 7.53. The van der Waals surface area contributed by atoms with E-state index in [0.29, 0.717) is 6.42 Å². The SMILES string of the molecule is CCCCCCCCC(=O)OC1(O)OC[C@@H](O)[C@H](O)[C@H]1O. The van der Waals surface area contributed by atoms with Gasteiger partial charge in [-0.25, -0.2) is 0 Å². The lowest BCUT2D eigenvalue weighted by Gasteiger charge is -2.39. The zero-order valence-corrected chi connectivity index (χ0v) is 12.4. The first kappa shape index (κ1) is 18.3. The Bertz CT molecular complexity index is 322. The van der Waals surface area contributed by atoms with Crippen molar-refractivity contribution in [1.29, 1.82) is 0 Å². The Morgan fingerprint density at radius 2 is 1.81 bits per heavy atom. The monoisotopic (exact) mass is 306 g/mol. The first-order valence-electron chi connectivity index (χ1n) is 7.53. The predicted molar refractivity (Wildman–Crippen MR) is 73.0 cm³/mol. The minimum absolute atomic E-state index is 0.100. The summed E-state index contributed by atoms with van der Waals surface area (Å²) in [4.78, 5) is 11.6. The molecule has 0 aromatic heterocycles. The quantitative estimate of drug-likeness (QED) is 0.284. The Balaban J connectivity index is 2.29. The highest BCUT2D eigenvalue weighted by Gasteiger charge is 2.51. The lowest BCUT2D eigenvalue weighted by atomic mass is 10.0. The molecule has 0 radical (unpaired) electrons. The highest BCUT2D eigenvalue weighted by Crippen LogP contribution is 2.25. The van der Waals surface area contributed by atoms with E-state index in [-0.39, 0.29) is 6.42 Å². The molecule has 0 aliphatic carbocycles. The number of carbonyl (C=O) groups is 1. The number of carbonyl (C=O) groups excluding carboxylic acids is 1.